The molecule has 0 radical (unpaired) electrons. The molecule has 6 nitrogen and oxygen atoms in total. The van der Waals surface area contributed by atoms with Crippen LogP contribution in [0.25, 0.3) is 0 Å². The van der Waals surface area contributed by atoms with Crippen LogP contribution in [0.2, 0.25) is 0 Å². The fraction of sp³-hybridized carbons (Fsp3) is 0.167. The van der Waals surface area contributed by atoms with Gasteiger partial charge in [-0.1, -0.05) is 48.5 Å². The molecule has 3 aromatic carbocycles. The van der Waals surface area contributed by atoms with E-state index in [2.05, 4.69) is 0 Å². The number of nitrogens with zero attached hydrogens (tertiary/aromatic N) is 2. The first-order valence-electron chi connectivity index (χ1n) is 9.79. The SMILES string of the molecule is Cc1ccccc1N1C(=O)[C@H]2[C@H](ON(c3ccccc3)[C@H]2c2ccc(O)cc2)C1=O. The lowest BCUT2D eigenvalue weighted by Crippen LogP contribution is -2.37. The second kappa shape index (κ2) is 7.00. The number of hydrogen-bond acceptors (Lipinski definition) is 5. The average Bonchev–Trinajstić information content (AvgIpc) is 3.26. The largest absolute Gasteiger partial charge is 0.508 e. The van der Waals surface area contributed by atoms with Crippen LogP contribution in [0.1, 0.15) is 17.2 Å². The Morgan fingerprint density at radius 2 is 1.50 bits per heavy atom. The van der Waals surface area contributed by atoms with Gasteiger partial charge in [0.05, 0.1) is 17.4 Å². The first kappa shape index (κ1) is 18.4. The number of para-hydroxylation sites is 2. The molecular weight excluding hydrogens is 380 g/mol. The normalized spacial score (nSPS) is 23.2. The average molecular weight is 400 g/mol. The minimum atomic E-state index is -0.906. The number of fused-ring (bicyclic) bond motifs is 1. The van der Waals surface area contributed by atoms with Crippen molar-refractivity contribution in [2.75, 3.05) is 9.96 Å². The lowest BCUT2D eigenvalue weighted by Gasteiger charge is -2.29. The molecule has 2 aliphatic heterocycles. The van der Waals surface area contributed by atoms with Gasteiger partial charge in [-0.15, -0.1) is 0 Å². The molecule has 30 heavy (non-hydrogen) atoms. The molecule has 0 unspecified atom stereocenters. The molecule has 0 spiro atoms. The molecule has 0 bridgehead atoms. The van der Waals surface area contributed by atoms with Gasteiger partial charge in [0.1, 0.15) is 11.7 Å². The number of aromatic hydroxyl groups is 1. The van der Waals surface area contributed by atoms with E-state index in [-0.39, 0.29) is 17.6 Å². The smallest absolute Gasteiger partial charge is 0.266 e. The van der Waals surface area contributed by atoms with Gasteiger partial charge in [0.2, 0.25) is 5.91 Å². The van der Waals surface area contributed by atoms with Crippen LogP contribution in [-0.2, 0) is 14.4 Å². The number of anilines is 2. The highest BCUT2D eigenvalue weighted by Crippen LogP contribution is 2.47. The maximum atomic E-state index is 13.5. The van der Waals surface area contributed by atoms with E-state index >= 15 is 0 Å². The molecule has 2 aliphatic rings. The summed E-state index contributed by atoms with van der Waals surface area (Å²) in [7, 11) is 0. The Bertz CT molecular complexity index is 1110. The summed E-state index contributed by atoms with van der Waals surface area (Å²) < 4.78 is 0. The van der Waals surface area contributed by atoms with E-state index in [9.17, 15) is 14.7 Å². The van der Waals surface area contributed by atoms with Crippen LogP contribution < -0.4 is 9.96 Å². The summed E-state index contributed by atoms with van der Waals surface area (Å²) in [4.78, 5) is 34.2. The lowest BCUT2D eigenvalue weighted by atomic mass is 9.90. The van der Waals surface area contributed by atoms with Crippen LogP contribution in [0.5, 0.6) is 5.75 Å². The van der Waals surface area contributed by atoms with Gasteiger partial charge in [0, 0.05) is 0 Å². The van der Waals surface area contributed by atoms with Gasteiger partial charge in [-0.05, 0) is 48.4 Å². The summed E-state index contributed by atoms with van der Waals surface area (Å²) in [6.07, 6.45) is -0.906. The highest BCUT2D eigenvalue weighted by Gasteiger charge is 2.60. The zero-order valence-corrected chi connectivity index (χ0v) is 16.3. The van der Waals surface area contributed by atoms with Crippen LogP contribution in [0.3, 0.4) is 0 Å². The number of phenols is 1. The number of hydroxylamine groups is 1. The van der Waals surface area contributed by atoms with Crippen molar-refractivity contribution in [3.05, 3.63) is 90.0 Å². The zero-order chi connectivity index (χ0) is 20.8. The number of aryl methyl sites for hydroxylation is 1. The first-order valence-corrected chi connectivity index (χ1v) is 9.79. The van der Waals surface area contributed by atoms with Crippen LogP contribution in [-0.4, -0.2) is 23.0 Å². The number of imide groups is 1. The lowest BCUT2D eigenvalue weighted by molar-refractivity contribution is -0.126. The van der Waals surface area contributed by atoms with Crippen molar-refractivity contribution in [2.24, 2.45) is 5.92 Å². The van der Waals surface area contributed by atoms with Crippen molar-refractivity contribution < 1.29 is 19.5 Å². The van der Waals surface area contributed by atoms with Crippen molar-refractivity contribution in [2.45, 2.75) is 19.1 Å². The Hall–Kier alpha value is -3.64. The first-order chi connectivity index (χ1) is 14.6. The number of benzene rings is 3. The predicted molar refractivity (Wildman–Crippen MR) is 112 cm³/mol. The maximum absolute atomic E-state index is 13.5. The summed E-state index contributed by atoms with van der Waals surface area (Å²) in [5, 5.41) is 11.4. The third-order valence-electron chi connectivity index (χ3n) is 5.72. The summed E-state index contributed by atoms with van der Waals surface area (Å²) in [6.45, 7) is 1.87. The van der Waals surface area contributed by atoms with Crippen LogP contribution in [0.4, 0.5) is 11.4 Å². The Morgan fingerprint density at radius 3 is 2.20 bits per heavy atom. The molecule has 2 saturated heterocycles. The molecule has 6 heteroatoms. The van der Waals surface area contributed by atoms with E-state index in [1.807, 2.05) is 55.5 Å². The highest BCUT2D eigenvalue weighted by atomic mass is 16.7. The summed E-state index contributed by atoms with van der Waals surface area (Å²) in [5.41, 5.74) is 2.98. The van der Waals surface area contributed by atoms with Gasteiger partial charge in [-0.3, -0.25) is 14.4 Å². The van der Waals surface area contributed by atoms with Crippen molar-refractivity contribution in [1.29, 1.82) is 0 Å². The van der Waals surface area contributed by atoms with E-state index < -0.39 is 18.1 Å². The van der Waals surface area contributed by atoms with Gasteiger partial charge in [0.15, 0.2) is 6.10 Å². The van der Waals surface area contributed by atoms with E-state index in [0.29, 0.717) is 5.69 Å². The van der Waals surface area contributed by atoms with Gasteiger partial charge in [-0.25, -0.2) is 9.96 Å². The number of amides is 2. The number of hydrogen-bond donors (Lipinski definition) is 1. The monoisotopic (exact) mass is 400 g/mol. The highest BCUT2D eigenvalue weighted by molar-refractivity contribution is 6.24. The van der Waals surface area contributed by atoms with Crippen molar-refractivity contribution in [1.82, 2.24) is 0 Å². The fourth-order valence-electron chi connectivity index (χ4n) is 4.28. The Kier molecular flexibility index (Phi) is 4.29. The summed E-state index contributed by atoms with van der Waals surface area (Å²) in [5.74, 6) is -1.20. The molecule has 150 valence electrons. The number of phenolic OH excluding ortho intramolecular Hbond substituents is 1. The summed E-state index contributed by atoms with van der Waals surface area (Å²) in [6, 6.07) is 22.9. The third kappa shape index (κ3) is 2.76. The molecule has 0 saturated carbocycles. The topological polar surface area (TPSA) is 70.1 Å². The van der Waals surface area contributed by atoms with E-state index in [1.165, 1.54) is 4.90 Å². The number of carbonyl (C=O) groups is 2. The molecule has 1 N–H and O–H groups in total. The van der Waals surface area contributed by atoms with Gasteiger partial charge < -0.3 is 5.11 Å². The predicted octanol–water partition coefficient (Wildman–Crippen LogP) is 3.75. The van der Waals surface area contributed by atoms with Crippen molar-refractivity contribution >= 4 is 23.2 Å². The second-order valence-electron chi connectivity index (χ2n) is 7.55. The third-order valence-corrected chi connectivity index (χ3v) is 5.72. The molecule has 5 rings (SSSR count). The fourth-order valence-corrected chi connectivity index (χ4v) is 4.28. The standard InChI is InChI=1S/C24H20N2O4/c1-15-7-5-6-10-19(15)25-23(28)20-21(16-11-13-18(27)14-12-16)26(30-22(20)24(25)29)17-8-3-2-4-9-17/h2-14,20-22,27H,1H3/t20-,21+,22+/m1/s1. The number of rotatable bonds is 3. The molecule has 0 aliphatic carbocycles. The molecule has 2 amide bonds. The Labute approximate surface area is 173 Å². The zero-order valence-electron chi connectivity index (χ0n) is 16.3. The maximum Gasteiger partial charge on any atom is 0.266 e. The molecule has 0 aromatic heterocycles. The summed E-state index contributed by atoms with van der Waals surface area (Å²) >= 11 is 0. The van der Waals surface area contributed by atoms with Crippen molar-refractivity contribution in [3.8, 4) is 5.75 Å². The Morgan fingerprint density at radius 1 is 0.833 bits per heavy atom. The quantitative estimate of drug-likeness (QED) is 0.678. The Balaban J connectivity index is 1.60. The molecule has 2 heterocycles. The number of carbonyl (C=O) groups excluding carboxylic acids is 2. The van der Waals surface area contributed by atoms with E-state index in [1.54, 1.807) is 35.4 Å². The van der Waals surface area contributed by atoms with Crippen LogP contribution >= 0.6 is 0 Å². The van der Waals surface area contributed by atoms with Crippen LogP contribution in [0.15, 0.2) is 78.9 Å². The van der Waals surface area contributed by atoms with E-state index in [4.69, 9.17) is 4.84 Å². The van der Waals surface area contributed by atoms with Gasteiger partial charge in [-0.2, -0.15) is 0 Å². The van der Waals surface area contributed by atoms with Gasteiger partial charge >= 0.3 is 0 Å². The molecule has 3 atom stereocenters. The molecule has 2 fully saturated rings. The minimum absolute atomic E-state index is 0.135. The van der Waals surface area contributed by atoms with Gasteiger partial charge in [0.25, 0.3) is 5.91 Å². The molecular formula is C24H20N2O4. The second-order valence-corrected chi connectivity index (χ2v) is 7.55. The van der Waals surface area contributed by atoms with Crippen LogP contribution in [0, 0.1) is 12.8 Å². The minimum Gasteiger partial charge on any atom is -0.508 e. The van der Waals surface area contributed by atoms with Crippen molar-refractivity contribution in [3.63, 3.8) is 0 Å². The molecule has 3 aromatic rings. The van der Waals surface area contributed by atoms with E-state index in [0.717, 1.165) is 16.8 Å².